The van der Waals surface area contributed by atoms with Crippen LogP contribution in [0.5, 0.6) is 0 Å². The number of benzene rings is 1. The third-order valence-electron chi connectivity index (χ3n) is 5.17. The molecule has 0 aliphatic rings. The molecule has 0 radical (unpaired) electrons. The number of hydrogen-bond donors (Lipinski definition) is 4. The van der Waals surface area contributed by atoms with Gasteiger partial charge in [-0.05, 0) is 36.4 Å². The highest BCUT2D eigenvalue weighted by molar-refractivity contribution is 6.04. The van der Waals surface area contributed by atoms with Crippen molar-refractivity contribution in [3.63, 3.8) is 0 Å². The van der Waals surface area contributed by atoms with E-state index in [0.717, 1.165) is 0 Å². The molecule has 0 aliphatic carbocycles. The SMILES string of the molecule is CC(C)(C)C(=O)c1cn2cc(NC(=O)c3ccc(NC(=O)NCCOCCOCCO)cc3)ccc2n1. The molecule has 0 saturated carbocycles. The van der Waals surface area contributed by atoms with Crippen molar-refractivity contribution in [2.24, 2.45) is 5.41 Å². The highest BCUT2D eigenvalue weighted by Crippen LogP contribution is 2.21. The molecule has 1 aromatic carbocycles. The molecule has 3 rings (SSSR count). The molecule has 37 heavy (non-hydrogen) atoms. The maximum Gasteiger partial charge on any atom is 0.319 e. The number of nitrogens with one attached hydrogen (secondary N) is 3. The van der Waals surface area contributed by atoms with Gasteiger partial charge < -0.3 is 34.9 Å². The van der Waals surface area contributed by atoms with Crippen molar-refractivity contribution in [1.29, 1.82) is 0 Å². The predicted molar refractivity (Wildman–Crippen MR) is 139 cm³/mol. The standard InChI is InChI=1S/C26H33N5O6/c1-26(2,3)23(33)21-17-31-16-20(8-9-22(31)30-21)28-24(34)18-4-6-19(7-5-18)29-25(35)27-10-12-36-14-15-37-13-11-32/h4-9,16-17,32H,10-15H2,1-3H3,(H,28,34)(H2,27,29,35). The molecule has 0 saturated heterocycles. The summed E-state index contributed by atoms with van der Waals surface area (Å²) in [6.45, 7) is 7.17. The Balaban J connectivity index is 1.47. The van der Waals surface area contributed by atoms with Gasteiger partial charge in [-0.25, -0.2) is 9.78 Å². The first-order valence-electron chi connectivity index (χ1n) is 11.9. The number of nitrogens with zero attached hydrogens (tertiary/aromatic N) is 2. The van der Waals surface area contributed by atoms with Crippen molar-refractivity contribution in [3.8, 4) is 0 Å². The molecule has 2 aromatic heterocycles. The van der Waals surface area contributed by atoms with Crippen LogP contribution in [0.3, 0.4) is 0 Å². The third-order valence-corrected chi connectivity index (χ3v) is 5.17. The Hall–Kier alpha value is -3.80. The zero-order valence-electron chi connectivity index (χ0n) is 21.2. The average Bonchev–Trinajstić information content (AvgIpc) is 3.28. The van der Waals surface area contributed by atoms with E-state index in [1.807, 2.05) is 20.8 Å². The molecule has 0 fully saturated rings. The van der Waals surface area contributed by atoms with E-state index in [-0.39, 0.29) is 24.9 Å². The number of carbonyl (C=O) groups excluding carboxylic acids is 3. The van der Waals surface area contributed by atoms with Crippen molar-refractivity contribution < 1.29 is 29.0 Å². The number of amides is 3. The Kier molecular flexibility index (Phi) is 9.72. The van der Waals surface area contributed by atoms with Crippen LogP contribution in [0.15, 0.2) is 48.8 Å². The summed E-state index contributed by atoms with van der Waals surface area (Å²) >= 11 is 0. The molecule has 0 unspecified atom stereocenters. The van der Waals surface area contributed by atoms with Gasteiger partial charge in [-0.1, -0.05) is 20.8 Å². The number of Topliss-reactive ketones (excluding diaryl/α,β-unsaturated/α-hetero) is 1. The molecule has 0 spiro atoms. The van der Waals surface area contributed by atoms with E-state index in [0.29, 0.717) is 54.6 Å². The van der Waals surface area contributed by atoms with Gasteiger partial charge in [-0.15, -0.1) is 0 Å². The Bertz CT molecular complexity index is 1220. The molecule has 0 bridgehead atoms. The van der Waals surface area contributed by atoms with Gasteiger partial charge in [0.15, 0.2) is 5.78 Å². The first-order chi connectivity index (χ1) is 17.7. The lowest BCUT2D eigenvalue weighted by Crippen LogP contribution is -2.31. The van der Waals surface area contributed by atoms with Gasteiger partial charge >= 0.3 is 6.03 Å². The molecular formula is C26H33N5O6. The minimum absolute atomic E-state index is 0.0291. The van der Waals surface area contributed by atoms with Crippen LogP contribution in [0.1, 0.15) is 41.6 Å². The van der Waals surface area contributed by atoms with Crippen molar-refractivity contribution in [2.45, 2.75) is 20.8 Å². The van der Waals surface area contributed by atoms with Gasteiger partial charge in [0.2, 0.25) is 0 Å². The fourth-order valence-corrected chi connectivity index (χ4v) is 3.27. The summed E-state index contributed by atoms with van der Waals surface area (Å²) in [6.07, 6.45) is 3.36. The molecule has 198 valence electrons. The molecule has 0 atom stereocenters. The second-order valence-electron chi connectivity index (χ2n) is 9.25. The highest BCUT2D eigenvalue weighted by atomic mass is 16.5. The Morgan fingerprint density at radius 2 is 1.57 bits per heavy atom. The molecule has 2 heterocycles. The van der Waals surface area contributed by atoms with E-state index in [4.69, 9.17) is 14.6 Å². The van der Waals surface area contributed by atoms with Crippen LogP contribution < -0.4 is 16.0 Å². The van der Waals surface area contributed by atoms with Gasteiger partial charge in [0.1, 0.15) is 11.3 Å². The summed E-state index contributed by atoms with van der Waals surface area (Å²) < 4.78 is 12.1. The summed E-state index contributed by atoms with van der Waals surface area (Å²) in [5.41, 5.74) is 1.94. The third kappa shape index (κ3) is 8.38. The fraction of sp³-hybridized carbons (Fsp3) is 0.385. The summed E-state index contributed by atoms with van der Waals surface area (Å²) in [7, 11) is 0. The monoisotopic (exact) mass is 511 g/mol. The van der Waals surface area contributed by atoms with Crippen molar-refractivity contribution >= 4 is 34.7 Å². The van der Waals surface area contributed by atoms with Crippen LogP contribution in [-0.4, -0.2) is 71.8 Å². The zero-order valence-corrected chi connectivity index (χ0v) is 21.2. The van der Waals surface area contributed by atoms with Crippen molar-refractivity contribution in [1.82, 2.24) is 14.7 Å². The van der Waals surface area contributed by atoms with Gasteiger partial charge in [0.25, 0.3) is 5.91 Å². The topological polar surface area (TPSA) is 143 Å². The fourth-order valence-electron chi connectivity index (χ4n) is 3.27. The average molecular weight is 512 g/mol. The maximum absolute atomic E-state index is 12.7. The smallest absolute Gasteiger partial charge is 0.319 e. The van der Waals surface area contributed by atoms with Crippen molar-refractivity contribution in [2.75, 3.05) is 50.2 Å². The van der Waals surface area contributed by atoms with Gasteiger partial charge in [0, 0.05) is 35.6 Å². The number of imidazole rings is 1. The Labute approximate surface area is 215 Å². The second kappa shape index (κ2) is 12.9. The molecule has 3 aromatic rings. The van der Waals surface area contributed by atoms with Crippen molar-refractivity contribution in [3.05, 3.63) is 60.0 Å². The minimum Gasteiger partial charge on any atom is -0.394 e. The van der Waals surface area contributed by atoms with Gasteiger partial charge in [-0.2, -0.15) is 0 Å². The van der Waals surface area contributed by atoms with Crippen LogP contribution in [0, 0.1) is 5.41 Å². The molecule has 3 amide bonds. The Morgan fingerprint density at radius 1 is 0.892 bits per heavy atom. The Morgan fingerprint density at radius 3 is 2.24 bits per heavy atom. The van der Waals surface area contributed by atoms with Crippen LogP contribution in [0.4, 0.5) is 16.2 Å². The molecule has 11 heteroatoms. The number of hydrogen-bond acceptors (Lipinski definition) is 7. The second-order valence-corrected chi connectivity index (χ2v) is 9.25. The normalized spacial score (nSPS) is 11.4. The lowest BCUT2D eigenvalue weighted by molar-refractivity contribution is 0.0345. The van der Waals surface area contributed by atoms with Crippen LogP contribution >= 0.6 is 0 Å². The maximum atomic E-state index is 12.7. The number of aliphatic hydroxyl groups excluding tert-OH is 1. The number of ether oxygens (including phenoxy) is 2. The first kappa shape index (κ1) is 27.8. The number of pyridine rings is 1. The quantitative estimate of drug-likeness (QED) is 0.216. The predicted octanol–water partition coefficient (Wildman–Crippen LogP) is 2.96. The lowest BCUT2D eigenvalue weighted by atomic mass is 9.89. The largest absolute Gasteiger partial charge is 0.394 e. The summed E-state index contributed by atoms with van der Waals surface area (Å²) in [5.74, 6) is -0.375. The minimum atomic E-state index is -0.540. The van der Waals surface area contributed by atoms with E-state index in [9.17, 15) is 14.4 Å². The van der Waals surface area contributed by atoms with E-state index >= 15 is 0 Å². The summed E-state index contributed by atoms with van der Waals surface area (Å²) in [6, 6.07) is 9.54. The highest BCUT2D eigenvalue weighted by Gasteiger charge is 2.25. The van der Waals surface area contributed by atoms with E-state index in [1.54, 1.807) is 53.2 Å². The number of anilines is 2. The van der Waals surface area contributed by atoms with E-state index in [2.05, 4.69) is 20.9 Å². The number of ketones is 1. The van der Waals surface area contributed by atoms with Crippen LogP contribution in [0.2, 0.25) is 0 Å². The van der Waals surface area contributed by atoms with Gasteiger partial charge in [-0.3, -0.25) is 9.59 Å². The van der Waals surface area contributed by atoms with Gasteiger partial charge in [0.05, 0.1) is 38.7 Å². The number of rotatable bonds is 12. The first-order valence-corrected chi connectivity index (χ1v) is 11.9. The molecule has 4 N–H and O–H groups in total. The number of urea groups is 1. The van der Waals surface area contributed by atoms with E-state index < -0.39 is 11.4 Å². The summed E-state index contributed by atoms with van der Waals surface area (Å²) in [4.78, 5) is 41.6. The lowest BCUT2D eigenvalue weighted by Gasteiger charge is -2.13. The number of aromatic nitrogens is 2. The molecule has 0 aliphatic heterocycles. The summed E-state index contributed by atoms with van der Waals surface area (Å²) in [5, 5.41) is 16.8. The molecular weight excluding hydrogens is 478 g/mol. The molecule has 11 nitrogen and oxygen atoms in total. The van der Waals surface area contributed by atoms with E-state index in [1.165, 1.54) is 0 Å². The van der Waals surface area contributed by atoms with Crippen LogP contribution in [-0.2, 0) is 9.47 Å². The van der Waals surface area contributed by atoms with Crippen LogP contribution in [0.25, 0.3) is 5.65 Å². The number of aliphatic hydroxyl groups is 1. The number of fused-ring (bicyclic) bond motifs is 1. The zero-order chi connectivity index (χ0) is 26.8. The number of carbonyl (C=O) groups is 3.